The molecule has 0 bridgehead atoms. The predicted molar refractivity (Wildman–Crippen MR) is 138 cm³/mol. The van der Waals surface area contributed by atoms with Crippen LogP contribution in [0, 0.1) is 0 Å². The molecule has 4 aromatic heterocycles. The maximum atomic E-state index is 6.39. The molecule has 36 heavy (non-hydrogen) atoms. The lowest BCUT2D eigenvalue weighted by molar-refractivity contribution is 0.122. The van der Waals surface area contributed by atoms with Gasteiger partial charge in [0.2, 0.25) is 5.95 Å². The molecule has 6 rings (SSSR count). The zero-order valence-electron chi connectivity index (χ0n) is 19.9. The summed E-state index contributed by atoms with van der Waals surface area (Å²) < 4.78 is 9.22. The standard InChI is InChI=1S/C25H26N10O/c1-33-15-19(14-29-33)35-21(11-16-5-6-20(28-13-16)17-3-2-4-18(26)12-17)30-22-23(27)31-25(32-24(22)35)34-7-9-36-10-8-34/h2-6,12-15H,7-11,26H2,1H3,(H2,27,31,32). The molecule has 1 aromatic carbocycles. The lowest BCUT2D eigenvalue weighted by Crippen LogP contribution is -2.37. The molecule has 4 N–H and O–H groups in total. The highest BCUT2D eigenvalue weighted by atomic mass is 16.5. The number of nitrogens with zero attached hydrogens (tertiary/aromatic N) is 8. The molecule has 11 heteroatoms. The number of fused-ring (bicyclic) bond motifs is 1. The largest absolute Gasteiger partial charge is 0.399 e. The van der Waals surface area contributed by atoms with E-state index in [9.17, 15) is 0 Å². The monoisotopic (exact) mass is 482 g/mol. The first-order valence-corrected chi connectivity index (χ1v) is 11.7. The SMILES string of the molecule is Cn1cc(-n2c(Cc3ccc(-c4cccc(N)c4)nc3)nc3c(N)nc(N4CCOCC4)nc32)cn1. The van der Waals surface area contributed by atoms with E-state index in [1.54, 1.807) is 10.9 Å². The normalized spacial score (nSPS) is 14.0. The Morgan fingerprint density at radius 2 is 1.86 bits per heavy atom. The minimum atomic E-state index is 0.348. The van der Waals surface area contributed by atoms with E-state index in [0.29, 0.717) is 61.3 Å². The van der Waals surface area contributed by atoms with Crippen LogP contribution in [0.15, 0.2) is 55.0 Å². The van der Waals surface area contributed by atoms with E-state index in [0.717, 1.165) is 28.3 Å². The summed E-state index contributed by atoms with van der Waals surface area (Å²) in [4.78, 5) is 21.0. The van der Waals surface area contributed by atoms with Gasteiger partial charge in [0.25, 0.3) is 0 Å². The highest BCUT2D eigenvalue weighted by Crippen LogP contribution is 2.27. The predicted octanol–water partition coefficient (Wildman–Crippen LogP) is 2.20. The van der Waals surface area contributed by atoms with Gasteiger partial charge in [0.15, 0.2) is 17.0 Å². The summed E-state index contributed by atoms with van der Waals surface area (Å²) in [6, 6.07) is 11.7. The number of rotatable bonds is 5. The number of nitrogens with two attached hydrogens (primary N) is 2. The number of anilines is 3. The van der Waals surface area contributed by atoms with Crippen LogP contribution in [0.3, 0.4) is 0 Å². The Hall–Kier alpha value is -4.51. The van der Waals surface area contributed by atoms with E-state index < -0.39 is 0 Å². The smallest absolute Gasteiger partial charge is 0.229 e. The highest BCUT2D eigenvalue weighted by Gasteiger charge is 2.22. The zero-order chi connectivity index (χ0) is 24.6. The maximum absolute atomic E-state index is 6.39. The minimum absolute atomic E-state index is 0.348. The summed E-state index contributed by atoms with van der Waals surface area (Å²) in [5.41, 5.74) is 17.9. The average molecular weight is 483 g/mol. The topological polar surface area (TPSA) is 139 Å². The Morgan fingerprint density at radius 3 is 2.58 bits per heavy atom. The lowest BCUT2D eigenvalue weighted by Gasteiger charge is -2.26. The molecular weight excluding hydrogens is 456 g/mol. The minimum Gasteiger partial charge on any atom is -0.399 e. The number of imidazole rings is 1. The molecule has 5 heterocycles. The molecule has 1 aliphatic rings. The van der Waals surface area contributed by atoms with E-state index >= 15 is 0 Å². The van der Waals surface area contributed by atoms with Crippen LogP contribution in [0.2, 0.25) is 0 Å². The fourth-order valence-corrected chi connectivity index (χ4v) is 4.41. The molecular formula is C25H26N10O. The number of nitrogen functional groups attached to an aromatic ring is 2. The van der Waals surface area contributed by atoms with Gasteiger partial charge in [-0.1, -0.05) is 18.2 Å². The molecule has 0 spiro atoms. The van der Waals surface area contributed by atoms with Gasteiger partial charge in [0.1, 0.15) is 5.82 Å². The van der Waals surface area contributed by atoms with Crippen molar-refractivity contribution in [3.63, 3.8) is 0 Å². The summed E-state index contributed by atoms with van der Waals surface area (Å²) in [7, 11) is 1.88. The van der Waals surface area contributed by atoms with Gasteiger partial charge in [-0.3, -0.25) is 14.2 Å². The van der Waals surface area contributed by atoms with Gasteiger partial charge in [0.05, 0.1) is 30.8 Å². The summed E-state index contributed by atoms with van der Waals surface area (Å²) in [5.74, 6) is 1.70. The summed E-state index contributed by atoms with van der Waals surface area (Å²) >= 11 is 0. The van der Waals surface area contributed by atoms with Gasteiger partial charge in [-0.15, -0.1) is 0 Å². The number of hydrogen-bond donors (Lipinski definition) is 2. The fraction of sp³-hybridized carbons (Fsp3) is 0.240. The molecule has 0 atom stereocenters. The van der Waals surface area contributed by atoms with Crippen LogP contribution in [-0.2, 0) is 18.2 Å². The number of aromatic nitrogens is 7. The third-order valence-electron chi connectivity index (χ3n) is 6.20. The second kappa shape index (κ2) is 8.93. The van der Waals surface area contributed by atoms with Crippen molar-refractivity contribution >= 4 is 28.6 Å². The third kappa shape index (κ3) is 4.09. The highest BCUT2D eigenvalue weighted by molar-refractivity contribution is 5.85. The van der Waals surface area contributed by atoms with Gasteiger partial charge < -0.3 is 21.1 Å². The number of pyridine rings is 1. The van der Waals surface area contributed by atoms with Crippen molar-refractivity contribution in [2.24, 2.45) is 7.05 Å². The van der Waals surface area contributed by atoms with E-state index in [4.69, 9.17) is 26.2 Å². The van der Waals surface area contributed by atoms with E-state index in [-0.39, 0.29) is 0 Å². The van der Waals surface area contributed by atoms with Gasteiger partial charge in [0, 0.05) is 50.2 Å². The van der Waals surface area contributed by atoms with Gasteiger partial charge in [-0.2, -0.15) is 15.1 Å². The van der Waals surface area contributed by atoms with E-state index in [1.165, 1.54) is 0 Å². The molecule has 1 aliphatic heterocycles. The Morgan fingerprint density at radius 1 is 1.00 bits per heavy atom. The van der Waals surface area contributed by atoms with Crippen molar-refractivity contribution in [2.75, 3.05) is 42.7 Å². The van der Waals surface area contributed by atoms with E-state index in [2.05, 4.69) is 20.0 Å². The van der Waals surface area contributed by atoms with Crippen LogP contribution >= 0.6 is 0 Å². The molecule has 0 amide bonds. The van der Waals surface area contributed by atoms with Crippen molar-refractivity contribution in [1.82, 2.24) is 34.3 Å². The van der Waals surface area contributed by atoms with Gasteiger partial charge in [-0.05, 0) is 23.8 Å². The van der Waals surface area contributed by atoms with Crippen molar-refractivity contribution < 1.29 is 4.74 Å². The summed E-state index contributed by atoms with van der Waals surface area (Å²) in [6.45, 7) is 2.69. The number of benzene rings is 1. The molecule has 1 fully saturated rings. The number of morpholine rings is 1. The van der Waals surface area contributed by atoms with Crippen LogP contribution in [0.5, 0.6) is 0 Å². The molecule has 182 valence electrons. The first kappa shape index (κ1) is 22.0. The molecule has 0 saturated carbocycles. The Labute approximate surface area is 207 Å². The van der Waals surface area contributed by atoms with E-state index in [1.807, 2.05) is 60.4 Å². The summed E-state index contributed by atoms with van der Waals surface area (Å²) in [6.07, 6.45) is 6.11. The van der Waals surface area contributed by atoms with Crippen molar-refractivity contribution in [3.05, 3.63) is 66.4 Å². The number of aryl methyl sites for hydroxylation is 1. The average Bonchev–Trinajstić information content (AvgIpc) is 3.48. The Bertz CT molecular complexity index is 1530. The first-order chi connectivity index (χ1) is 17.5. The molecule has 0 unspecified atom stereocenters. The zero-order valence-corrected chi connectivity index (χ0v) is 19.9. The number of ether oxygens (including phenoxy) is 1. The molecule has 1 saturated heterocycles. The summed E-state index contributed by atoms with van der Waals surface area (Å²) in [5, 5.41) is 4.36. The Balaban J connectivity index is 1.41. The van der Waals surface area contributed by atoms with Crippen LogP contribution in [0.4, 0.5) is 17.5 Å². The van der Waals surface area contributed by atoms with Crippen LogP contribution in [-0.4, -0.2) is 60.6 Å². The second-order valence-corrected chi connectivity index (χ2v) is 8.77. The van der Waals surface area contributed by atoms with Crippen LogP contribution < -0.4 is 16.4 Å². The fourth-order valence-electron chi connectivity index (χ4n) is 4.41. The molecule has 5 aromatic rings. The van der Waals surface area contributed by atoms with Gasteiger partial charge in [-0.25, -0.2) is 4.98 Å². The molecule has 0 radical (unpaired) electrons. The van der Waals surface area contributed by atoms with Crippen LogP contribution in [0.25, 0.3) is 28.1 Å². The van der Waals surface area contributed by atoms with Crippen LogP contribution in [0.1, 0.15) is 11.4 Å². The van der Waals surface area contributed by atoms with Crippen molar-refractivity contribution in [2.45, 2.75) is 6.42 Å². The molecule has 11 nitrogen and oxygen atoms in total. The first-order valence-electron chi connectivity index (χ1n) is 11.7. The second-order valence-electron chi connectivity index (χ2n) is 8.77. The molecule has 0 aliphatic carbocycles. The van der Waals surface area contributed by atoms with Crippen molar-refractivity contribution in [1.29, 1.82) is 0 Å². The van der Waals surface area contributed by atoms with Crippen molar-refractivity contribution in [3.8, 4) is 16.9 Å². The third-order valence-corrected chi connectivity index (χ3v) is 6.20. The lowest BCUT2D eigenvalue weighted by atomic mass is 10.1. The maximum Gasteiger partial charge on any atom is 0.229 e. The quantitative estimate of drug-likeness (QED) is 0.361. The Kier molecular flexibility index (Phi) is 5.45. The number of hydrogen-bond acceptors (Lipinski definition) is 9. The van der Waals surface area contributed by atoms with Gasteiger partial charge >= 0.3 is 0 Å².